The third-order valence-electron chi connectivity index (χ3n) is 2.95. The summed E-state index contributed by atoms with van der Waals surface area (Å²) < 4.78 is 94.5. The molecule has 0 saturated heterocycles. The fraction of sp³-hybridized carbons (Fsp3) is 0.231. The van der Waals surface area contributed by atoms with Crippen LogP contribution >= 0.6 is 0 Å². The molecule has 0 spiro atoms. The van der Waals surface area contributed by atoms with Gasteiger partial charge in [0.15, 0.2) is 34.9 Å². The van der Waals surface area contributed by atoms with Crippen molar-refractivity contribution in [2.45, 2.75) is 19.8 Å². The second kappa shape index (κ2) is 4.64. The van der Waals surface area contributed by atoms with Gasteiger partial charge in [0.1, 0.15) is 5.82 Å². The Morgan fingerprint density at radius 3 is 1.25 bits per heavy atom. The average Bonchev–Trinajstić information content (AvgIpc) is 2.37. The molecule has 108 valence electrons. The summed E-state index contributed by atoms with van der Waals surface area (Å²) in [6.45, 7) is 2.56. The lowest BCUT2D eigenvalue weighted by molar-refractivity contribution is 0.410. The number of benzene rings is 2. The normalized spacial score (nSPS) is 11.7. The van der Waals surface area contributed by atoms with Gasteiger partial charge in [0.2, 0.25) is 0 Å². The third kappa shape index (κ3) is 1.76. The van der Waals surface area contributed by atoms with Crippen LogP contribution in [0.2, 0.25) is 0 Å². The first kappa shape index (κ1) is 14.6. The van der Waals surface area contributed by atoms with Crippen LogP contribution in [0.15, 0.2) is 0 Å². The highest BCUT2D eigenvalue weighted by Gasteiger charge is 2.30. The molecule has 0 bridgehead atoms. The zero-order valence-electron chi connectivity index (χ0n) is 10.2. The summed E-state index contributed by atoms with van der Waals surface area (Å²) in [5, 5.41) is -3.02. The van der Waals surface area contributed by atoms with Crippen LogP contribution in [0.5, 0.6) is 0 Å². The summed E-state index contributed by atoms with van der Waals surface area (Å²) in [5.74, 6) is -15.2. The lowest BCUT2D eigenvalue weighted by Gasteiger charge is -2.14. The Kier molecular flexibility index (Phi) is 3.39. The summed E-state index contributed by atoms with van der Waals surface area (Å²) in [7, 11) is 0. The van der Waals surface area contributed by atoms with E-state index in [0.717, 1.165) is 0 Å². The highest BCUT2D eigenvalue weighted by Crippen LogP contribution is 2.36. The van der Waals surface area contributed by atoms with Gasteiger partial charge in [-0.2, -0.15) is 0 Å². The molecule has 0 aromatic heterocycles. The predicted octanol–water partition coefficient (Wildman–Crippen LogP) is 4.94. The van der Waals surface area contributed by atoms with E-state index in [1.807, 2.05) is 0 Å². The Morgan fingerprint density at radius 2 is 0.850 bits per heavy atom. The van der Waals surface area contributed by atoms with Crippen molar-refractivity contribution in [1.82, 2.24) is 0 Å². The quantitative estimate of drug-likeness (QED) is 0.397. The third-order valence-corrected chi connectivity index (χ3v) is 2.95. The lowest BCUT2D eigenvalue weighted by atomic mass is 9.96. The van der Waals surface area contributed by atoms with Crippen molar-refractivity contribution < 1.29 is 30.7 Å². The molecule has 0 atom stereocenters. The number of fused-ring (bicyclic) bond motifs is 1. The molecule has 0 fully saturated rings. The van der Waals surface area contributed by atoms with E-state index in [9.17, 15) is 30.7 Å². The highest BCUT2D eigenvalue weighted by molar-refractivity contribution is 5.86. The standard InChI is InChI=1S/C13H7F7/c1-3(2)4-7(14)5-6(9(16)8(4)15)11(18)13(20)12(19)10(5)17/h3H,1-2H3. The maximum absolute atomic E-state index is 14.0. The van der Waals surface area contributed by atoms with Crippen LogP contribution < -0.4 is 0 Å². The van der Waals surface area contributed by atoms with Gasteiger partial charge in [-0.15, -0.1) is 0 Å². The van der Waals surface area contributed by atoms with Crippen LogP contribution in [0.25, 0.3) is 10.8 Å². The Bertz CT molecular complexity index is 719. The first-order chi connectivity index (χ1) is 9.20. The van der Waals surface area contributed by atoms with Gasteiger partial charge < -0.3 is 0 Å². The molecule has 0 amide bonds. The minimum Gasteiger partial charge on any atom is -0.206 e. The van der Waals surface area contributed by atoms with Crippen molar-refractivity contribution in [1.29, 1.82) is 0 Å². The Labute approximate surface area is 108 Å². The molecule has 2 aromatic rings. The lowest BCUT2D eigenvalue weighted by Crippen LogP contribution is -2.08. The molecule has 0 heterocycles. The molecule has 0 radical (unpaired) electrons. The van der Waals surface area contributed by atoms with Crippen LogP contribution in [0.1, 0.15) is 25.3 Å². The van der Waals surface area contributed by atoms with Crippen molar-refractivity contribution >= 4 is 10.8 Å². The van der Waals surface area contributed by atoms with Gasteiger partial charge >= 0.3 is 0 Å². The van der Waals surface area contributed by atoms with E-state index in [2.05, 4.69) is 0 Å². The first-order valence-corrected chi connectivity index (χ1v) is 5.52. The summed E-state index contributed by atoms with van der Waals surface area (Å²) >= 11 is 0. The molecule has 0 aliphatic carbocycles. The molecule has 2 aromatic carbocycles. The van der Waals surface area contributed by atoms with Crippen LogP contribution in [0, 0.1) is 40.7 Å². The zero-order valence-corrected chi connectivity index (χ0v) is 10.2. The molecule has 20 heavy (non-hydrogen) atoms. The minimum atomic E-state index is -2.33. The molecule has 0 aliphatic rings. The van der Waals surface area contributed by atoms with E-state index in [1.165, 1.54) is 13.8 Å². The summed E-state index contributed by atoms with van der Waals surface area (Å²) in [6.07, 6.45) is 0. The van der Waals surface area contributed by atoms with E-state index in [0.29, 0.717) is 0 Å². The Morgan fingerprint density at radius 1 is 0.500 bits per heavy atom. The second-order valence-electron chi connectivity index (χ2n) is 4.52. The average molecular weight is 296 g/mol. The van der Waals surface area contributed by atoms with Gasteiger partial charge in [-0.05, 0) is 5.92 Å². The van der Waals surface area contributed by atoms with E-state index in [-0.39, 0.29) is 0 Å². The molecular weight excluding hydrogens is 289 g/mol. The van der Waals surface area contributed by atoms with Crippen molar-refractivity contribution in [2.75, 3.05) is 0 Å². The van der Waals surface area contributed by atoms with Crippen LogP contribution in [-0.4, -0.2) is 0 Å². The van der Waals surface area contributed by atoms with Gasteiger partial charge in [0.25, 0.3) is 0 Å². The van der Waals surface area contributed by atoms with Crippen molar-refractivity contribution in [3.8, 4) is 0 Å². The number of rotatable bonds is 1. The van der Waals surface area contributed by atoms with Crippen LogP contribution in [-0.2, 0) is 0 Å². The fourth-order valence-corrected chi connectivity index (χ4v) is 2.01. The fourth-order valence-electron chi connectivity index (χ4n) is 2.01. The van der Waals surface area contributed by atoms with E-state index in [4.69, 9.17) is 0 Å². The molecule has 2 rings (SSSR count). The predicted molar refractivity (Wildman–Crippen MR) is 57.7 cm³/mol. The summed E-state index contributed by atoms with van der Waals surface area (Å²) in [5.41, 5.74) is -0.862. The maximum atomic E-state index is 14.0. The van der Waals surface area contributed by atoms with Crippen LogP contribution in [0.4, 0.5) is 30.7 Å². The largest absolute Gasteiger partial charge is 0.206 e. The SMILES string of the molecule is CC(C)c1c(F)c(F)c2c(F)c(F)c(F)c(F)c2c1F. The Hall–Kier alpha value is -1.79. The molecule has 7 heteroatoms. The highest BCUT2D eigenvalue weighted by atomic mass is 19.2. The summed E-state index contributed by atoms with van der Waals surface area (Å²) in [4.78, 5) is 0. The monoisotopic (exact) mass is 296 g/mol. The molecule has 0 aliphatic heterocycles. The van der Waals surface area contributed by atoms with Gasteiger partial charge in [0, 0.05) is 5.56 Å². The minimum absolute atomic E-state index is 0.862. The van der Waals surface area contributed by atoms with Gasteiger partial charge in [-0.25, -0.2) is 30.7 Å². The molecular formula is C13H7F7. The van der Waals surface area contributed by atoms with E-state index < -0.39 is 63.0 Å². The zero-order chi connectivity index (χ0) is 15.4. The smallest absolute Gasteiger partial charge is 0.198 e. The van der Waals surface area contributed by atoms with Crippen molar-refractivity contribution in [3.05, 3.63) is 46.3 Å². The molecule has 0 saturated carbocycles. The number of halogens is 7. The molecule has 0 unspecified atom stereocenters. The number of hydrogen-bond acceptors (Lipinski definition) is 0. The van der Waals surface area contributed by atoms with Gasteiger partial charge in [-0.3, -0.25) is 0 Å². The summed E-state index contributed by atoms with van der Waals surface area (Å²) in [6, 6.07) is 0. The van der Waals surface area contributed by atoms with Crippen molar-refractivity contribution in [2.24, 2.45) is 0 Å². The van der Waals surface area contributed by atoms with E-state index in [1.54, 1.807) is 0 Å². The maximum Gasteiger partial charge on any atom is 0.198 e. The second-order valence-corrected chi connectivity index (χ2v) is 4.52. The Balaban J connectivity index is 3.17. The first-order valence-electron chi connectivity index (χ1n) is 5.52. The van der Waals surface area contributed by atoms with Gasteiger partial charge in [0.05, 0.1) is 10.8 Å². The number of hydrogen-bond donors (Lipinski definition) is 0. The van der Waals surface area contributed by atoms with Crippen molar-refractivity contribution in [3.63, 3.8) is 0 Å². The van der Waals surface area contributed by atoms with Gasteiger partial charge in [-0.1, -0.05) is 13.8 Å². The topological polar surface area (TPSA) is 0 Å². The van der Waals surface area contributed by atoms with Crippen LogP contribution in [0.3, 0.4) is 0 Å². The molecule has 0 N–H and O–H groups in total. The molecule has 0 nitrogen and oxygen atoms in total. The van der Waals surface area contributed by atoms with E-state index >= 15 is 0 Å².